The van der Waals surface area contributed by atoms with E-state index in [1.54, 1.807) is 0 Å². The number of aryl methyl sites for hydroxylation is 2. The molecule has 0 radical (unpaired) electrons. The second kappa shape index (κ2) is 5.88. The van der Waals surface area contributed by atoms with Gasteiger partial charge in [0.1, 0.15) is 5.82 Å². The minimum atomic E-state index is 0.0455. The van der Waals surface area contributed by atoms with Crippen LogP contribution < -0.4 is 5.32 Å². The number of nitrogens with zero attached hydrogens (tertiary/aromatic N) is 4. The molecule has 0 amide bonds. The lowest BCUT2D eigenvalue weighted by Gasteiger charge is -2.23. The zero-order valence-electron chi connectivity index (χ0n) is 14.1. The molecule has 0 unspecified atom stereocenters. The van der Waals surface area contributed by atoms with Crippen molar-refractivity contribution in [3.63, 3.8) is 0 Å². The Morgan fingerprint density at radius 1 is 1.32 bits per heavy atom. The van der Waals surface area contributed by atoms with Gasteiger partial charge in [0.25, 0.3) is 0 Å². The SMILES string of the molecule is Cc1cn2c(n1)[C@H](CNCc1cnn(C(C)(C)C)c1)CCC2. The first-order chi connectivity index (χ1) is 10.4. The van der Waals surface area contributed by atoms with E-state index in [4.69, 9.17) is 4.98 Å². The fraction of sp³-hybridized carbons (Fsp3) is 0.647. The third kappa shape index (κ3) is 3.24. The van der Waals surface area contributed by atoms with Crippen LogP contribution >= 0.6 is 0 Å². The van der Waals surface area contributed by atoms with Crippen LogP contribution in [0.2, 0.25) is 0 Å². The first-order valence-electron chi connectivity index (χ1n) is 8.22. The molecular weight excluding hydrogens is 274 g/mol. The van der Waals surface area contributed by atoms with Gasteiger partial charge in [-0.3, -0.25) is 4.68 Å². The summed E-state index contributed by atoms with van der Waals surface area (Å²) < 4.78 is 4.35. The first kappa shape index (κ1) is 15.3. The van der Waals surface area contributed by atoms with Crippen molar-refractivity contribution in [2.75, 3.05) is 6.54 Å². The van der Waals surface area contributed by atoms with E-state index >= 15 is 0 Å². The summed E-state index contributed by atoms with van der Waals surface area (Å²) in [5.41, 5.74) is 2.42. The molecule has 0 aliphatic carbocycles. The summed E-state index contributed by atoms with van der Waals surface area (Å²) in [5, 5.41) is 8.03. The highest BCUT2D eigenvalue weighted by atomic mass is 15.3. The molecule has 3 rings (SSSR count). The van der Waals surface area contributed by atoms with Gasteiger partial charge in [0.2, 0.25) is 0 Å². The van der Waals surface area contributed by atoms with E-state index in [2.05, 4.69) is 55.1 Å². The van der Waals surface area contributed by atoms with Crippen LogP contribution in [0.5, 0.6) is 0 Å². The molecule has 0 spiro atoms. The summed E-state index contributed by atoms with van der Waals surface area (Å²) in [5.74, 6) is 1.78. The maximum absolute atomic E-state index is 4.70. The Hall–Kier alpha value is -1.62. The van der Waals surface area contributed by atoms with Gasteiger partial charge < -0.3 is 9.88 Å². The number of aromatic nitrogens is 4. The summed E-state index contributed by atoms with van der Waals surface area (Å²) in [6.07, 6.45) is 8.75. The lowest BCUT2D eigenvalue weighted by atomic mass is 9.99. The summed E-state index contributed by atoms with van der Waals surface area (Å²) in [6, 6.07) is 0. The van der Waals surface area contributed by atoms with Gasteiger partial charge >= 0.3 is 0 Å². The van der Waals surface area contributed by atoms with E-state index in [0.29, 0.717) is 5.92 Å². The van der Waals surface area contributed by atoms with Crippen LogP contribution in [0.4, 0.5) is 0 Å². The van der Waals surface area contributed by atoms with Crippen LogP contribution in [-0.4, -0.2) is 25.9 Å². The molecule has 0 bridgehead atoms. The van der Waals surface area contributed by atoms with Crippen molar-refractivity contribution in [3.8, 4) is 0 Å². The Balaban J connectivity index is 1.57. The molecule has 2 aromatic heterocycles. The maximum Gasteiger partial charge on any atom is 0.113 e. The lowest BCUT2D eigenvalue weighted by Crippen LogP contribution is -2.26. The molecule has 5 heteroatoms. The molecule has 1 aliphatic heterocycles. The van der Waals surface area contributed by atoms with Gasteiger partial charge in [-0.15, -0.1) is 0 Å². The van der Waals surface area contributed by atoms with Crippen molar-refractivity contribution in [2.24, 2.45) is 0 Å². The molecule has 1 aliphatic rings. The molecule has 1 N–H and O–H groups in total. The van der Waals surface area contributed by atoms with Gasteiger partial charge in [-0.2, -0.15) is 5.10 Å². The molecule has 1 atom stereocenters. The maximum atomic E-state index is 4.70. The van der Waals surface area contributed by atoms with Crippen LogP contribution in [0.15, 0.2) is 18.6 Å². The molecule has 2 aromatic rings. The number of fused-ring (bicyclic) bond motifs is 1. The number of imidazole rings is 1. The second-order valence-corrected chi connectivity index (χ2v) is 7.37. The van der Waals surface area contributed by atoms with Crippen LogP contribution in [0, 0.1) is 6.92 Å². The van der Waals surface area contributed by atoms with Crippen LogP contribution in [0.1, 0.15) is 56.6 Å². The lowest BCUT2D eigenvalue weighted by molar-refractivity contribution is 0.355. The van der Waals surface area contributed by atoms with Crippen LogP contribution in [-0.2, 0) is 18.6 Å². The van der Waals surface area contributed by atoms with E-state index < -0.39 is 0 Å². The number of hydrogen-bond donors (Lipinski definition) is 1. The number of nitrogens with one attached hydrogen (secondary N) is 1. The monoisotopic (exact) mass is 301 g/mol. The standard InChI is InChI=1S/C17H27N5/c1-13-11-21-7-5-6-15(16(21)20-13)10-18-8-14-9-19-22(12-14)17(2,3)4/h9,11-12,15,18H,5-8,10H2,1-4H3/t15-/m0/s1. The van der Waals surface area contributed by atoms with Crippen LogP contribution in [0.3, 0.4) is 0 Å². The smallest absolute Gasteiger partial charge is 0.113 e. The Morgan fingerprint density at radius 2 is 2.14 bits per heavy atom. The predicted molar refractivity (Wildman–Crippen MR) is 87.9 cm³/mol. The molecule has 3 heterocycles. The fourth-order valence-corrected chi connectivity index (χ4v) is 3.11. The van der Waals surface area contributed by atoms with Crippen molar-refractivity contribution < 1.29 is 0 Å². The topological polar surface area (TPSA) is 47.7 Å². The molecule has 0 aromatic carbocycles. The zero-order valence-corrected chi connectivity index (χ0v) is 14.1. The van der Waals surface area contributed by atoms with E-state index in [9.17, 15) is 0 Å². The largest absolute Gasteiger partial charge is 0.334 e. The van der Waals surface area contributed by atoms with Gasteiger partial charge in [0.15, 0.2) is 0 Å². The molecular formula is C17H27N5. The highest BCUT2D eigenvalue weighted by molar-refractivity contribution is 5.10. The van der Waals surface area contributed by atoms with Crippen molar-refractivity contribution in [3.05, 3.63) is 35.7 Å². The predicted octanol–water partition coefficient (Wildman–Crippen LogP) is 2.81. The Kier molecular flexibility index (Phi) is 4.08. The minimum absolute atomic E-state index is 0.0455. The van der Waals surface area contributed by atoms with Gasteiger partial charge in [0, 0.05) is 43.5 Å². The normalized spacial score (nSPS) is 18.5. The fourth-order valence-electron chi connectivity index (χ4n) is 3.11. The van der Waals surface area contributed by atoms with Crippen molar-refractivity contribution in [2.45, 2.75) is 65.1 Å². The Morgan fingerprint density at radius 3 is 2.86 bits per heavy atom. The van der Waals surface area contributed by atoms with Crippen molar-refractivity contribution >= 4 is 0 Å². The van der Waals surface area contributed by atoms with Gasteiger partial charge in [-0.25, -0.2) is 4.98 Å². The molecule has 0 saturated heterocycles. The first-order valence-corrected chi connectivity index (χ1v) is 8.22. The van der Waals surface area contributed by atoms with Gasteiger partial charge in [-0.1, -0.05) is 0 Å². The molecule has 0 fully saturated rings. The number of hydrogen-bond acceptors (Lipinski definition) is 3. The summed E-state index contributed by atoms with van der Waals surface area (Å²) in [6.45, 7) is 11.6. The Bertz CT molecular complexity index is 632. The molecule has 5 nitrogen and oxygen atoms in total. The molecule has 0 saturated carbocycles. The molecule has 120 valence electrons. The third-order valence-electron chi connectivity index (χ3n) is 4.29. The zero-order chi connectivity index (χ0) is 15.7. The average molecular weight is 301 g/mol. The molecule has 22 heavy (non-hydrogen) atoms. The Labute approximate surface area is 132 Å². The minimum Gasteiger partial charge on any atom is -0.334 e. The summed E-state index contributed by atoms with van der Waals surface area (Å²) in [7, 11) is 0. The highest BCUT2D eigenvalue weighted by Crippen LogP contribution is 2.26. The summed E-state index contributed by atoms with van der Waals surface area (Å²) in [4.78, 5) is 4.70. The van der Waals surface area contributed by atoms with E-state index in [-0.39, 0.29) is 5.54 Å². The highest BCUT2D eigenvalue weighted by Gasteiger charge is 2.22. The van der Waals surface area contributed by atoms with E-state index in [1.807, 2.05) is 10.9 Å². The third-order valence-corrected chi connectivity index (χ3v) is 4.29. The average Bonchev–Trinajstić information content (AvgIpc) is 3.04. The van der Waals surface area contributed by atoms with E-state index in [1.165, 1.54) is 24.2 Å². The summed E-state index contributed by atoms with van der Waals surface area (Å²) >= 11 is 0. The van der Waals surface area contributed by atoms with Crippen molar-refractivity contribution in [1.29, 1.82) is 0 Å². The van der Waals surface area contributed by atoms with Crippen molar-refractivity contribution in [1.82, 2.24) is 24.6 Å². The van der Waals surface area contributed by atoms with Gasteiger partial charge in [-0.05, 0) is 40.5 Å². The van der Waals surface area contributed by atoms with Crippen LogP contribution in [0.25, 0.3) is 0 Å². The quantitative estimate of drug-likeness (QED) is 0.944. The number of rotatable bonds is 4. The van der Waals surface area contributed by atoms with Gasteiger partial charge in [0.05, 0.1) is 17.4 Å². The second-order valence-electron chi connectivity index (χ2n) is 7.37. The van der Waals surface area contributed by atoms with E-state index in [0.717, 1.165) is 25.3 Å².